The van der Waals surface area contributed by atoms with Crippen molar-refractivity contribution in [1.29, 1.82) is 0 Å². The minimum Gasteiger partial charge on any atom is -0.314 e. The normalized spacial score (nSPS) is 32.3. The Bertz CT molecular complexity index is 475. The van der Waals surface area contributed by atoms with Gasteiger partial charge >= 0.3 is 0 Å². The Morgan fingerprint density at radius 2 is 2.15 bits per heavy atom. The van der Waals surface area contributed by atoms with Crippen molar-refractivity contribution >= 4 is 24.1 Å². The van der Waals surface area contributed by atoms with Crippen LogP contribution < -0.4 is 10.6 Å². The lowest BCUT2D eigenvalue weighted by molar-refractivity contribution is -0.120. The number of anilines is 1. The van der Waals surface area contributed by atoms with E-state index < -0.39 is 0 Å². The van der Waals surface area contributed by atoms with Gasteiger partial charge in [0.05, 0.1) is 0 Å². The lowest BCUT2D eigenvalue weighted by Crippen LogP contribution is -2.40. The third kappa shape index (κ3) is 3.33. The first-order valence-electron chi connectivity index (χ1n) is 7.23. The van der Waals surface area contributed by atoms with Crippen LogP contribution in [0.15, 0.2) is 6.07 Å². The van der Waals surface area contributed by atoms with Gasteiger partial charge in [-0.25, -0.2) is 0 Å². The maximum Gasteiger partial charge on any atom is 0.228 e. The molecule has 4 atom stereocenters. The number of piperidine rings is 1. The summed E-state index contributed by atoms with van der Waals surface area (Å²) < 4.78 is 0. The Balaban J connectivity index is 0.00000147. The first-order chi connectivity index (χ1) is 9.13. The molecule has 0 radical (unpaired) electrons. The van der Waals surface area contributed by atoms with Gasteiger partial charge < -0.3 is 10.6 Å². The van der Waals surface area contributed by atoms with E-state index in [2.05, 4.69) is 34.7 Å². The van der Waals surface area contributed by atoms with Gasteiger partial charge in [-0.15, -0.1) is 12.4 Å². The van der Waals surface area contributed by atoms with Crippen molar-refractivity contribution < 1.29 is 4.79 Å². The molecular weight excluding hydrogens is 276 g/mol. The summed E-state index contributed by atoms with van der Waals surface area (Å²) in [6.07, 6.45) is 3.04. The molecule has 6 heteroatoms. The van der Waals surface area contributed by atoms with E-state index in [0.717, 1.165) is 31.0 Å². The second-order valence-corrected chi connectivity index (χ2v) is 6.09. The Labute approximate surface area is 125 Å². The van der Waals surface area contributed by atoms with Crippen LogP contribution in [-0.2, 0) is 4.79 Å². The predicted molar refractivity (Wildman–Crippen MR) is 81.2 cm³/mol. The number of hydrogen-bond acceptors (Lipinski definition) is 3. The predicted octanol–water partition coefficient (Wildman–Crippen LogP) is 2.28. The fourth-order valence-electron chi connectivity index (χ4n) is 2.94. The van der Waals surface area contributed by atoms with Crippen molar-refractivity contribution in [2.24, 2.45) is 11.8 Å². The standard InChI is InChI=1S/C14H22N4O.ClH/c1-8-5-11(8)12-7-13(18-17-12)16-14(19)10-3-4-15-9(2)6-10;/h7-11,15H,3-6H2,1-2H3,(H2,16,17,18,19);1H/t8?,9-,10-,11?;/m0./s1. The van der Waals surface area contributed by atoms with Crippen LogP contribution in [-0.4, -0.2) is 28.7 Å². The van der Waals surface area contributed by atoms with E-state index in [9.17, 15) is 4.79 Å². The molecule has 20 heavy (non-hydrogen) atoms. The van der Waals surface area contributed by atoms with Crippen molar-refractivity contribution in [3.8, 4) is 0 Å². The lowest BCUT2D eigenvalue weighted by atomic mass is 9.92. The van der Waals surface area contributed by atoms with Crippen molar-refractivity contribution in [3.63, 3.8) is 0 Å². The molecule has 2 heterocycles. The van der Waals surface area contributed by atoms with E-state index in [1.54, 1.807) is 0 Å². The number of carbonyl (C=O) groups excluding carboxylic acids is 1. The molecule has 0 bridgehead atoms. The number of rotatable bonds is 3. The van der Waals surface area contributed by atoms with E-state index >= 15 is 0 Å². The lowest BCUT2D eigenvalue weighted by Gasteiger charge is -2.26. The summed E-state index contributed by atoms with van der Waals surface area (Å²) in [5.74, 6) is 2.24. The Kier molecular flexibility index (Phi) is 4.70. The molecule has 1 aliphatic heterocycles. The van der Waals surface area contributed by atoms with Crippen LogP contribution in [0.25, 0.3) is 0 Å². The molecule has 1 amide bonds. The maximum absolute atomic E-state index is 12.2. The Hall–Kier alpha value is -1.07. The molecule has 2 aliphatic rings. The number of carbonyl (C=O) groups is 1. The van der Waals surface area contributed by atoms with E-state index in [1.807, 2.05) is 6.07 Å². The topological polar surface area (TPSA) is 69.8 Å². The van der Waals surface area contributed by atoms with Crippen LogP contribution in [0.4, 0.5) is 5.82 Å². The number of hydrogen-bond donors (Lipinski definition) is 3. The molecule has 3 N–H and O–H groups in total. The monoisotopic (exact) mass is 298 g/mol. The van der Waals surface area contributed by atoms with E-state index in [0.29, 0.717) is 17.8 Å². The third-order valence-electron chi connectivity index (χ3n) is 4.35. The van der Waals surface area contributed by atoms with Gasteiger partial charge in [0, 0.05) is 29.6 Å². The number of nitrogens with zero attached hydrogens (tertiary/aromatic N) is 1. The molecule has 2 unspecified atom stereocenters. The molecular formula is C14H23ClN4O. The highest BCUT2D eigenvalue weighted by molar-refractivity contribution is 5.91. The van der Waals surface area contributed by atoms with Crippen LogP contribution >= 0.6 is 12.4 Å². The Morgan fingerprint density at radius 1 is 1.40 bits per heavy atom. The van der Waals surface area contributed by atoms with Gasteiger partial charge in [-0.1, -0.05) is 6.92 Å². The zero-order valence-electron chi connectivity index (χ0n) is 12.0. The summed E-state index contributed by atoms with van der Waals surface area (Å²) in [4.78, 5) is 12.2. The Morgan fingerprint density at radius 3 is 2.80 bits per heavy atom. The molecule has 0 aromatic carbocycles. The SMILES string of the molecule is CC1CC1c1cc(NC(=O)[C@H]2CCN[C@@H](C)C2)n[nH]1.Cl. The van der Waals surface area contributed by atoms with Crippen LogP contribution in [0.2, 0.25) is 0 Å². The van der Waals surface area contributed by atoms with Crippen LogP contribution in [0.3, 0.4) is 0 Å². The molecule has 1 aliphatic carbocycles. The van der Waals surface area contributed by atoms with Crippen LogP contribution in [0, 0.1) is 11.8 Å². The summed E-state index contributed by atoms with van der Waals surface area (Å²) >= 11 is 0. The maximum atomic E-state index is 12.2. The molecule has 1 aromatic rings. The summed E-state index contributed by atoms with van der Waals surface area (Å²) in [6.45, 7) is 5.28. The minimum atomic E-state index is 0. The van der Waals surface area contributed by atoms with E-state index in [-0.39, 0.29) is 24.2 Å². The van der Waals surface area contributed by atoms with Gasteiger partial charge in [0.15, 0.2) is 5.82 Å². The molecule has 3 rings (SSSR count). The zero-order valence-corrected chi connectivity index (χ0v) is 12.8. The van der Waals surface area contributed by atoms with Crippen molar-refractivity contribution in [1.82, 2.24) is 15.5 Å². The van der Waals surface area contributed by atoms with Crippen molar-refractivity contribution in [2.75, 3.05) is 11.9 Å². The molecule has 112 valence electrons. The minimum absolute atomic E-state index is 0. The van der Waals surface area contributed by atoms with Gasteiger partial charge in [0.2, 0.25) is 5.91 Å². The summed E-state index contributed by atoms with van der Waals surface area (Å²) in [6, 6.07) is 2.41. The molecule has 1 saturated heterocycles. The second-order valence-electron chi connectivity index (χ2n) is 6.09. The van der Waals surface area contributed by atoms with Crippen molar-refractivity contribution in [3.05, 3.63) is 11.8 Å². The molecule has 1 saturated carbocycles. The average Bonchev–Trinajstić information content (AvgIpc) is 2.94. The quantitative estimate of drug-likeness (QED) is 0.802. The van der Waals surface area contributed by atoms with Crippen LogP contribution in [0.1, 0.15) is 44.7 Å². The third-order valence-corrected chi connectivity index (χ3v) is 4.35. The summed E-state index contributed by atoms with van der Waals surface area (Å²) in [5, 5.41) is 13.5. The zero-order chi connectivity index (χ0) is 13.4. The van der Waals surface area contributed by atoms with Gasteiger partial charge in [0.1, 0.15) is 0 Å². The second kappa shape index (κ2) is 6.14. The first-order valence-corrected chi connectivity index (χ1v) is 7.23. The largest absolute Gasteiger partial charge is 0.314 e. The average molecular weight is 299 g/mol. The summed E-state index contributed by atoms with van der Waals surface area (Å²) in [7, 11) is 0. The molecule has 5 nitrogen and oxygen atoms in total. The van der Waals surface area contributed by atoms with Gasteiger partial charge in [-0.3, -0.25) is 9.89 Å². The van der Waals surface area contributed by atoms with E-state index in [4.69, 9.17) is 0 Å². The number of halogens is 1. The van der Waals surface area contributed by atoms with Gasteiger partial charge in [-0.05, 0) is 38.6 Å². The fraction of sp³-hybridized carbons (Fsp3) is 0.714. The fourth-order valence-corrected chi connectivity index (χ4v) is 2.94. The summed E-state index contributed by atoms with van der Waals surface area (Å²) in [5.41, 5.74) is 1.15. The molecule has 2 fully saturated rings. The van der Waals surface area contributed by atoms with Gasteiger partial charge in [-0.2, -0.15) is 5.10 Å². The number of amides is 1. The van der Waals surface area contributed by atoms with Crippen LogP contribution in [0.5, 0.6) is 0 Å². The van der Waals surface area contributed by atoms with Gasteiger partial charge in [0.25, 0.3) is 0 Å². The first kappa shape index (κ1) is 15.3. The molecule has 0 spiro atoms. The number of nitrogens with one attached hydrogen (secondary N) is 3. The number of H-pyrrole nitrogens is 1. The smallest absolute Gasteiger partial charge is 0.228 e. The molecule has 1 aromatic heterocycles. The highest BCUT2D eigenvalue weighted by atomic mass is 35.5. The number of aromatic amines is 1. The van der Waals surface area contributed by atoms with Crippen molar-refractivity contribution in [2.45, 2.75) is 45.1 Å². The number of aromatic nitrogens is 2. The highest BCUT2D eigenvalue weighted by Crippen LogP contribution is 2.46. The van der Waals surface area contributed by atoms with E-state index in [1.165, 1.54) is 6.42 Å². The highest BCUT2D eigenvalue weighted by Gasteiger charge is 2.35.